The summed E-state index contributed by atoms with van der Waals surface area (Å²) in [5.74, 6) is -0.576. The number of ether oxygens (including phenoxy) is 1. The van der Waals surface area contributed by atoms with Crippen molar-refractivity contribution in [2.75, 3.05) is 0 Å². The van der Waals surface area contributed by atoms with Crippen LogP contribution < -0.4 is 4.74 Å². The van der Waals surface area contributed by atoms with Gasteiger partial charge in [0.15, 0.2) is 5.75 Å². The fourth-order valence-electron chi connectivity index (χ4n) is 1.91. The summed E-state index contributed by atoms with van der Waals surface area (Å²) in [5, 5.41) is 12.7. The van der Waals surface area contributed by atoms with Crippen LogP contribution in [0.4, 0.5) is 0 Å². The Labute approximate surface area is 129 Å². The number of halogens is 2. The fraction of sp³-hybridized carbons (Fsp3) is 0. The molecular weight excluding hydrogens is 315 g/mol. The van der Waals surface area contributed by atoms with Crippen LogP contribution in [0.1, 0.15) is 10.4 Å². The Morgan fingerprint density at radius 1 is 1.29 bits per heavy atom. The zero-order valence-corrected chi connectivity index (χ0v) is 11.9. The Kier molecular flexibility index (Phi) is 3.45. The second kappa shape index (κ2) is 5.27. The van der Waals surface area contributed by atoms with Gasteiger partial charge in [-0.2, -0.15) is 0 Å². The van der Waals surface area contributed by atoms with Crippen LogP contribution in [0.15, 0.2) is 42.7 Å². The standard InChI is InChI=1S/C14H7Cl2N2O3/c15-9-3-1-2-8(6-9)14(19)21-11-7-18(20)13-12(11)10(16)4-5-17-13/h1-7H/q-1. The number of carbonyl (C=O) groups excluding carboxylic acids is 1. The quantitative estimate of drug-likeness (QED) is 0.671. The van der Waals surface area contributed by atoms with Crippen molar-refractivity contribution in [2.45, 2.75) is 0 Å². The van der Waals surface area contributed by atoms with Crippen LogP contribution in [0.3, 0.4) is 0 Å². The lowest BCUT2D eigenvalue weighted by Gasteiger charge is -2.04. The molecule has 21 heavy (non-hydrogen) atoms. The number of pyridine rings is 1. The summed E-state index contributed by atoms with van der Waals surface area (Å²) in [4.78, 5) is 16.0. The molecule has 0 aliphatic rings. The predicted octanol–water partition coefficient (Wildman–Crippen LogP) is 3.91. The Balaban J connectivity index is 2.01. The van der Waals surface area contributed by atoms with Gasteiger partial charge < -0.3 is 14.7 Å². The topological polar surface area (TPSA) is 67.2 Å². The van der Waals surface area contributed by atoms with Crippen LogP contribution in [-0.2, 0) is 0 Å². The molecule has 0 bridgehead atoms. The predicted molar refractivity (Wildman–Crippen MR) is 79.9 cm³/mol. The third-order valence-electron chi connectivity index (χ3n) is 2.83. The lowest BCUT2D eigenvalue weighted by molar-refractivity contribution is 0.0737. The molecule has 5 nitrogen and oxygen atoms in total. The van der Waals surface area contributed by atoms with Crippen LogP contribution in [0, 0.1) is 5.21 Å². The number of hydrogen-bond acceptors (Lipinski definition) is 4. The van der Waals surface area contributed by atoms with Gasteiger partial charge in [0.05, 0.1) is 16.0 Å². The Bertz CT molecular complexity index is 845. The molecule has 0 amide bonds. The van der Waals surface area contributed by atoms with Crippen molar-refractivity contribution >= 4 is 40.2 Å². The van der Waals surface area contributed by atoms with Crippen molar-refractivity contribution in [3.05, 3.63) is 63.5 Å². The number of aromatic nitrogens is 2. The van der Waals surface area contributed by atoms with Crippen LogP contribution in [0.2, 0.25) is 10.0 Å². The lowest BCUT2D eigenvalue weighted by atomic mass is 10.2. The molecule has 2 heterocycles. The molecule has 2 aromatic heterocycles. The molecule has 3 aromatic rings. The SMILES string of the molecule is O=C(Oc1cn([O-])c2nccc(Cl)c12)c1cccc(Cl)c1. The van der Waals surface area contributed by atoms with E-state index in [2.05, 4.69) is 4.98 Å². The fourth-order valence-corrected chi connectivity index (χ4v) is 2.33. The van der Waals surface area contributed by atoms with E-state index in [-0.39, 0.29) is 22.0 Å². The molecule has 0 unspecified atom stereocenters. The first-order chi connectivity index (χ1) is 10.1. The number of benzene rings is 1. The summed E-state index contributed by atoms with van der Waals surface area (Å²) < 4.78 is 5.73. The van der Waals surface area contributed by atoms with E-state index in [9.17, 15) is 10.0 Å². The van der Waals surface area contributed by atoms with Gasteiger partial charge in [0.2, 0.25) is 0 Å². The van der Waals surface area contributed by atoms with E-state index >= 15 is 0 Å². The summed E-state index contributed by atoms with van der Waals surface area (Å²) in [5.41, 5.74) is 0.366. The highest BCUT2D eigenvalue weighted by Crippen LogP contribution is 2.32. The van der Waals surface area contributed by atoms with Gasteiger partial charge in [0, 0.05) is 17.4 Å². The monoisotopic (exact) mass is 321 g/mol. The Morgan fingerprint density at radius 3 is 2.86 bits per heavy atom. The van der Waals surface area contributed by atoms with Crippen molar-refractivity contribution in [3.63, 3.8) is 0 Å². The third kappa shape index (κ3) is 2.53. The van der Waals surface area contributed by atoms with Crippen molar-refractivity contribution in [1.29, 1.82) is 0 Å². The summed E-state index contributed by atoms with van der Waals surface area (Å²) in [6.45, 7) is 0. The zero-order valence-electron chi connectivity index (χ0n) is 10.4. The number of esters is 1. The molecule has 0 spiro atoms. The first-order valence-corrected chi connectivity index (χ1v) is 6.62. The maximum absolute atomic E-state index is 12.1. The molecule has 0 radical (unpaired) electrons. The Hall–Kier alpha value is -2.24. The highest BCUT2D eigenvalue weighted by molar-refractivity contribution is 6.36. The maximum atomic E-state index is 12.1. The molecular formula is C14H7Cl2N2O3-. The smallest absolute Gasteiger partial charge is 0.343 e. The summed E-state index contributed by atoms with van der Waals surface area (Å²) in [6, 6.07) is 7.82. The summed E-state index contributed by atoms with van der Waals surface area (Å²) >= 11 is 11.8. The maximum Gasteiger partial charge on any atom is 0.343 e. The molecule has 0 saturated heterocycles. The van der Waals surface area contributed by atoms with E-state index in [1.54, 1.807) is 18.2 Å². The minimum Gasteiger partial charge on any atom is -0.804 e. The first-order valence-electron chi connectivity index (χ1n) is 5.87. The molecule has 0 saturated carbocycles. The van der Waals surface area contributed by atoms with E-state index in [0.29, 0.717) is 15.1 Å². The number of nitrogens with zero attached hydrogens (tertiary/aromatic N) is 2. The lowest BCUT2D eigenvalue weighted by Crippen LogP contribution is -2.08. The van der Waals surface area contributed by atoms with Crippen molar-refractivity contribution in [1.82, 2.24) is 9.71 Å². The van der Waals surface area contributed by atoms with Crippen molar-refractivity contribution in [3.8, 4) is 5.75 Å². The van der Waals surface area contributed by atoms with E-state index in [1.807, 2.05) is 0 Å². The first kappa shape index (κ1) is 13.7. The second-order valence-corrected chi connectivity index (χ2v) is 5.05. The zero-order chi connectivity index (χ0) is 15.0. The van der Waals surface area contributed by atoms with E-state index < -0.39 is 5.97 Å². The van der Waals surface area contributed by atoms with Gasteiger partial charge in [-0.25, -0.2) is 9.78 Å². The largest absolute Gasteiger partial charge is 0.804 e. The molecule has 0 aliphatic carbocycles. The molecule has 0 aliphatic heterocycles. The highest BCUT2D eigenvalue weighted by atomic mass is 35.5. The van der Waals surface area contributed by atoms with Gasteiger partial charge in [0.25, 0.3) is 0 Å². The van der Waals surface area contributed by atoms with Gasteiger partial charge in [-0.15, -0.1) is 0 Å². The van der Waals surface area contributed by atoms with Crippen molar-refractivity contribution in [2.24, 2.45) is 0 Å². The highest BCUT2D eigenvalue weighted by Gasteiger charge is 2.16. The van der Waals surface area contributed by atoms with E-state index in [0.717, 1.165) is 6.20 Å². The number of fused-ring (bicyclic) bond motifs is 1. The number of hydrogen-bond donors (Lipinski definition) is 0. The van der Waals surface area contributed by atoms with E-state index in [4.69, 9.17) is 27.9 Å². The normalized spacial score (nSPS) is 10.8. The van der Waals surface area contributed by atoms with Gasteiger partial charge in [-0.3, -0.25) is 0 Å². The molecule has 3 rings (SSSR count). The molecule has 106 valence electrons. The van der Waals surface area contributed by atoms with Crippen molar-refractivity contribution < 1.29 is 9.53 Å². The third-order valence-corrected chi connectivity index (χ3v) is 3.38. The minimum atomic E-state index is -0.634. The minimum absolute atomic E-state index is 0.0584. The molecule has 7 heteroatoms. The van der Waals surface area contributed by atoms with Gasteiger partial charge in [-0.05, 0) is 24.3 Å². The van der Waals surface area contributed by atoms with Gasteiger partial charge >= 0.3 is 5.97 Å². The van der Waals surface area contributed by atoms with Crippen LogP contribution in [0.5, 0.6) is 5.75 Å². The Morgan fingerprint density at radius 2 is 2.10 bits per heavy atom. The average Bonchev–Trinajstić information content (AvgIpc) is 2.77. The molecule has 0 fully saturated rings. The number of carbonyl (C=O) groups is 1. The van der Waals surface area contributed by atoms with Crippen LogP contribution in [0.25, 0.3) is 11.0 Å². The second-order valence-electron chi connectivity index (χ2n) is 4.21. The number of rotatable bonds is 2. The summed E-state index contributed by atoms with van der Waals surface area (Å²) in [7, 11) is 0. The molecule has 0 N–H and O–H groups in total. The molecule has 0 atom stereocenters. The van der Waals surface area contributed by atoms with E-state index in [1.165, 1.54) is 18.3 Å². The van der Waals surface area contributed by atoms with Crippen LogP contribution in [-0.4, -0.2) is 15.7 Å². The van der Waals surface area contributed by atoms with Gasteiger partial charge in [0.1, 0.15) is 5.65 Å². The molecule has 1 aromatic carbocycles. The average molecular weight is 322 g/mol. The van der Waals surface area contributed by atoms with Crippen LogP contribution >= 0.6 is 23.2 Å². The summed E-state index contributed by atoms with van der Waals surface area (Å²) in [6.07, 6.45) is 2.52. The van der Waals surface area contributed by atoms with Gasteiger partial charge in [-0.1, -0.05) is 29.3 Å².